The maximum absolute atomic E-state index is 13.3. The van der Waals surface area contributed by atoms with Crippen LogP contribution in [0.4, 0.5) is 16.2 Å². The van der Waals surface area contributed by atoms with Gasteiger partial charge in [-0.3, -0.25) is 4.79 Å². The van der Waals surface area contributed by atoms with E-state index >= 15 is 0 Å². The van der Waals surface area contributed by atoms with Crippen molar-refractivity contribution in [3.05, 3.63) is 46.4 Å². The van der Waals surface area contributed by atoms with Gasteiger partial charge in [-0.25, -0.2) is 9.37 Å². The predicted molar refractivity (Wildman–Crippen MR) is 121 cm³/mol. The maximum atomic E-state index is 13.3. The number of aromatic nitrogens is 2. The van der Waals surface area contributed by atoms with Crippen molar-refractivity contribution in [2.45, 2.75) is 39.0 Å². The van der Waals surface area contributed by atoms with E-state index in [0.29, 0.717) is 25.9 Å². The standard InChI is InChI=1S/C23H29ClFN5O/c1-17-15-21(28-9-3-2-4-10-28)27-23(26-17)30-13-11-29(12-14-30)22(31)8-6-18-5-7-20(25)19(24)16-18/h5,7,15-16H,2-4,6,8-14H2,1H3. The molecule has 1 aromatic heterocycles. The molecule has 0 unspecified atom stereocenters. The number of hydrogen-bond acceptors (Lipinski definition) is 5. The molecule has 166 valence electrons. The molecule has 0 bridgehead atoms. The molecule has 0 radical (unpaired) electrons. The Balaban J connectivity index is 1.32. The monoisotopic (exact) mass is 445 g/mol. The molecule has 6 nitrogen and oxygen atoms in total. The number of anilines is 2. The molecule has 8 heteroatoms. The van der Waals surface area contributed by atoms with Crippen molar-refractivity contribution in [3.8, 4) is 0 Å². The Hall–Kier alpha value is -2.41. The smallest absolute Gasteiger partial charge is 0.227 e. The number of piperidine rings is 1. The molecule has 0 N–H and O–H groups in total. The lowest BCUT2D eigenvalue weighted by molar-refractivity contribution is -0.131. The summed E-state index contributed by atoms with van der Waals surface area (Å²) in [6.45, 7) is 6.86. The highest BCUT2D eigenvalue weighted by atomic mass is 35.5. The van der Waals surface area contributed by atoms with Gasteiger partial charge in [0.15, 0.2) is 0 Å². The van der Waals surface area contributed by atoms with Crippen LogP contribution in [0.1, 0.15) is 36.9 Å². The van der Waals surface area contributed by atoms with E-state index in [4.69, 9.17) is 16.6 Å². The van der Waals surface area contributed by atoms with Crippen molar-refractivity contribution in [3.63, 3.8) is 0 Å². The maximum Gasteiger partial charge on any atom is 0.227 e. The van der Waals surface area contributed by atoms with Gasteiger partial charge in [-0.2, -0.15) is 4.98 Å². The number of benzene rings is 1. The van der Waals surface area contributed by atoms with Crippen LogP contribution in [0.2, 0.25) is 5.02 Å². The lowest BCUT2D eigenvalue weighted by Crippen LogP contribution is -2.49. The Morgan fingerprint density at radius 2 is 1.74 bits per heavy atom. The third kappa shape index (κ3) is 5.45. The van der Waals surface area contributed by atoms with Crippen LogP contribution in [-0.4, -0.2) is 60.0 Å². The molecular weight excluding hydrogens is 417 g/mol. The van der Waals surface area contributed by atoms with E-state index in [9.17, 15) is 9.18 Å². The van der Waals surface area contributed by atoms with Crippen LogP contribution < -0.4 is 9.80 Å². The largest absolute Gasteiger partial charge is 0.356 e. The summed E-state index contributed by atoms with van der Waals surface area (Å²) in [6.07, 6.45) is 4.66. The summed E-state index contributed by atoms with van der Waals surface area (Å²) < 4.78 is 13.3. The number of aryl methyl sites for hydroxylation is 2. The summed E-state index contributed by atoms with van der Waals surface area (Å²) in [7, 11) is 0. The molecule has 0 aliphatic carbocycles. The average molecular weight is 446 g/mol. The molecule has 0 atom stereocenters. The number of piperazine rings is 1. The van der Waals surface area contributed by atoms with Crippen molar-refractivity contribution < 1.29 is 9.18 Å². The van der Waals surface area contributed by atoms with Crippen LogP contribution in [0.25, 0.3) is 0 Å². The number of hydrogen-bond donors (Lipinski definition) is 0. The first kappa shape index (κ1) is 21.8. The van der Waals surface area contributed by atoms with Crippen LogP contribution in [-0.2, 0) is 11.2 Å². The Bertz CT molecular complexity index is 926. The van der Waals surface area contributed by atoms with Crippen LogP contribution in [0.3, 0.4) is 0 Å². The fourth-order valence-corrected chi connectivity index (χ4v) is 4.43. The van der Waals surface area contributed by atoms with Crippen molar-refractivity contribution in [1.29, 1.82) is 0 Å². The van der Waals surface area contributed by atoms with E-state index in [-0.39, 0.29) is 10.9 Å². The summed E-state index contributed by atoms with van der Waals surface area (Å²) in [5.74, 6) is 1.45. The second-order valence-corrected chi connectivity index (χ2v) is 8.74. The van der Waals surface area contributed by atoms with Crippen LogP contribution in [0.5, 0.6) is 0 Å². The van der Waals surface area contributed by atoms with Gasteiger partial charge in [0.25, 0.3) is 0 Å². The van der Waals surface area contributed by atoms with E-state index in [1.807, 2.05) is 11.8 Å². The molecule has 2 aromatic rings. The molecule has 31 heavy (non-hydrogen) atoms. The molecule has 1 aromatic carbocycles. The third-order valence-corrected chi connectivity index (χ3v) is 6.33. The van der Waals surface area contributed by atoms with Crippen molar-refractivity contribution in [2.24, 2.45) is 0 Å². The fourth-order valence-electron chi connectivity index (χ4n) is 4.22. The molecule has 0 spiro atoms. The highest BCUT2D eigenvalue weighted by molar-refractivity contribution is 6.30. The Morgan fingerprint density at radius 3 is 2.45 bits per heavy atom. The molecule has 0 saturated carbocycles. The zero-order valence-electron chi connectivity index (χ0n) is 18.0. The van der Waals surface area contributed by atoms with Gasteiger partial charge in [0.05, 0.1) is 5.02 Å². The number of carbonyl (C=O) groups is 1. The van der Waals surface area contributed by atoms with Crippen LogP contribution >= 0.6 is 11.6 Å². The van der Waals surface area contributed by atoms with Crippen LogP contribution in [0.15, 0.2) is 24.3 Å². The SMILES string of the molecule is Cc1cc(N2CCCCC2)nc(N2CCN(C(=O)CCc3ccc(F)c(Cl)c3)CC2)n1. The molecule has 2 aliphatic rings. The van der Waals surface area contributed by atoms with Crippen molar-refractivity contribution in [2.75, 3.05) is 49.1 Å². The van der Waals surface area contributed by atoms with Gasteiger partial charge in [-0.15, -0.1) is 0 Å². The number of amides is 1. The van der Waals surface area contributed by atoms with Crippen molar-refractivity contribution >= 4 is 29.3 Å². The molecule has 2 saturated heterocycles. The zero-order chi connectivity index (χ0) is 21.8. The Morgan fingerprint density at radius 1 is 1.00 bits per heavy atom. The van der Waals surface area contributed by atoms with Crippen molar-refractivity contribution in [1.82, 2.24) is 14.9 Å². The first-order valence-electron chi connectivity index (χ1n) is 11.1. The fraction of sp³-hybridized carbons (Fsp3) is 0.522. The van der Waals surface area contributed by atoms with E-state index in [1.54, 1.807) is 12.1 Å². The van der Waals surface area contributed by atoms with E-state index in [0.717, 1.165) is 49.2 Å². The van der Waals surface area contributed by atoms with Gasteiger partial charge in [0.1, 0.15) is 11.6 Å². The van der Waals surface area contributed by atoms with E-state index < -0.39 is 5.82 Å². The van der Waals surface area contributed by atoms with Crippen LogP contribution in [0, 0.1) is 12.7 Å². The molecule has 2 aliphatic heterocycles. The second kappa shape index (κ2) is 9.81. The molecule has 3 heterocycles. The molecule has 1 amide bonds. The predicted octanol–water partition coefficient (Wildman–Crippen LogP) is 3.85. The first-order valence-corrected chi connectivity index (χ1v) is 11.4. The topological polar surface area (TPSA) is 52.6 Å². The minimum atomic E-state index is -0.435. The Labute approximate surface area is 188 Å². The zero-order valence-corrected chi connectivity index (χ0v) is 18.7. The highest BCUT2D eigenvalue weighted by Crippen LogP contribution is 2.22. The summed E-state index contributed by atoms with van der Waals surface area (Å²) >= 11 is 5.83. The number of halogens is 2. The third-order valence-electron chi connectivity index (χ3n) is 6.04. The number of carbonyl (C=O) groups excluding carboxylic acids is 1. The Kier molecular flexibility index (Phi) is 6.90. The minimum Gasteiger partial charge on any atom is -0.356 e. The van der Waals surface area contributed by atoms with Gasteiger partial charge in [-0.1, -0.05) is 17.7 Å². The lowest BCUT2D eigenvalue weighted by Gasteiger charge is -2.35. The molecule has 4 rings (SSSR count). The number of nitrogens with zero attached hydrogens (tertiary/aromatic N) is 5. The quantitative estimate of drug-likeness (QED) is 0.699. The van der Waals surface area contributed by atoms with Gasteiger partial charge >= 0.3 is 0 Å². The normalized spacial score (nSPS) is 17.2. The van der Waals surface area contributed by atoms with Gasteiger partial charge in [0.2, 0.25) is 11.9 Å². The summed E-state index contributed by atoms with van der Waals surface area (Å²) in [5.41, 5.74) is 1.85. The number of rotatable bonds is 5. The summed E-state index contributed by atoms with van der Waals surface area (Å²) in [5, 5.41) is 0.0978. The first-order chi connectivity index (χ1) is 15.0. The highest BCUT2D eigenvalue weighted by Gasteiger charge is 2.24. The lowest BCUT2D eigenvalue weighted by atomic mass is 10.1. The molecule has 2 fully saturated rings. The van der Waals surface area contributed by atoms with E-state index in [1.165, 1.54) is 25.3 Å². The van der Waals surface area contributed by atoms with E-state index in [2.05, 4.69) is 20.9 Å². The molecular formula is C23H29ClFN5O. The van der Waals surface area contributed by atoms with Gasteiger partial charge in [-0.05, 0) is 50.3 Å². The average Bonchev–Trinajstić information content (AvgIpc) is 2.80. The van der Waals surface area contributed by atoms with Gasteiger partial charge < -0.3 is 14.7 Å². The second-order valence-electron chi connectivity index (χ2n) is 8.33. The summed E-state index contributed by atoms with van der Waals surface area (Å²) in [4.78, 5) is 28.5. The van der Waals surface area contributed by atoms with Gasteiger partial charge in [0, 0.05) is 57.4 Å². The minimum absolute atomic E-state index is 0.0978. The summed E-state index contributed by atoms with van der Waals surface area (Å²) in [6, 6.07) is 6.69.